The number of hydrazone groups is 1. The number of carbonyl (C=O) groups is 2. The molecule has 4 rings (SSSR count). The number of hydrogen-bond acceptors (Lipinski definition) is 7. The number of nitro benzene ring substituents is 1. The molecule has 0 aliphatic heterocycles. The maximum Gasteiger partial charge on any atom is 0.343 e. The molecule has 0 radical (unpaired) electrons. The maximum absolute atomic E-state index is 12.3. The van der Waals surface area contributed by atoms with Gasteiger partial charge in [-0.2, -0.15) is 5.10 Å². The lowest BCUT2D eigenvalue weighted by Crippen LogP contribution is -2.25. The second kappa shape index (κ2) is 10.7. The predicted molar refractivity (Wildman–Crippen MR) is 133 cm³/mol. The molecule has 35 heavy (non-hydrogen) atoms. The molecule has 0 unspecified atom stereocenters. The summed E-state index contributed by atoms with van der Waals surface area (Å²) in [6.07, 6.45) is 1.43. The lowest BCUT2D eigenvalue weighted by molar-refractivity contribution is -0.384. The standard InChI is InChI=1S/C26H20N4O5/c31-25(17-27-24-10-4-7-19-6-1-2-9-23(19)24)29-28-16-18-5-3-8-22(15-18)35-26(32)20-11-13-21(14-12-20)30(33)34/h1-16,27H,17H2,(H,29,31)/b28-16-. The van der Waals surface area contributed by atoms with Crippen molar-refractivity contribution in [1.82, 2.24) is 5.43 Å². The second-order valence-electron chi connectivity index (χ2n) is 7.44. The maximum atomic E-state index is 12.3. The summed E-state index contributed by atoms with van der Waals surface area (Å²) in [5.74, 6) is -0.710. The average Bonchev–Trinajstić information content (AvgIpc) is 2.87. The van der Waals surface area contributed by atoms with E-state index in [4.69, 9.17) is 4.74 Å². The van der Waals surface area contributed by atoms with Crippen molar-refractivity contribution in [2.24, 2.45) is 5.10 Å². The summed E-state index contributed by atoms with van der Waals surface area (Å²) in [6.45, 7) is 0.0399. The first-order valence-electron chi connectivity index (χ1n) is 10.6. The fraction of sp³-hybridized carbons (Fsp3) is 0.0385. The van der Waals surface area contributed by atoms with Gasteiger partial charge in [0.2, 0.25) is 0 Å². The minimum Gasteiger partial charge on any atom is -0.423 e. The SMILES string of the molecule is O=C(CNc1cccc2ccccc12)N/N=C\c1cccc(OC(=O)c2ccc([N+](=O)[O-])cc2)c1. The Bertz CT molecular complexity index is 1410. The van der Waals surface area contributed by atoms with Crippen LogP contribution in [-0.2, 0) is 4.79 Å². The number of carbonyl (C=O) groups excluding carboxylic acids is 2. The van der Waals surface area contributed by atoms with E-state index in [-0.39, 0.29) is 29.5 Å². The lowest BCUT2D eigenvalue weighted by Gasteiger charge is -2.08. The number of nitrogens with one attached hydrogen (secondary N) is 2. The summed E-state index contributed by atoms with van der Waals surface area (Å²) in [5.41, 5.74) is 3.97. The molecule has 2 N–H and O–H groups in total. The molecule has 9 nitrogen and oxygen atoms in total. The van der Waals surface area contributed by atoms with Crippen molar-refractivity contribution in [3.05, 3.63) is 112 Å². The van der Waals surface area contributed by atoms with Crippen LogP contribution in [0, 0.1) is 10.1 Å². The molecule has 0 aliphatic carbocycles. The number of non-ortho nitro benzene ring substituents is 1. The molecule has 0 atom stereocenters. The molecule has 0 heterocycles. The molecule has 1 amide bonds. The topological polar surface area (TPSA) is 123 Å². The van der Waals surface area contributed by atoms with Crippen molar-refractivity contribution in [1.29, 1.82) is 0 Å². The smallest absolute Gasteiger partial charge is 0.343 e. The van der Waals surface area contributed by atoms with E-state index in [1.54, 1.807) is 24.3 Å². The summed E-state index contributed by atoms with van der Waals surface area (Å²) in [5, 5.41) is 19.9. The Balaban J connectivity index is 1.31. The molecule has 0 fully saturated rings. The van der Waals surface area contributed by atoms with Crippen molar-refractivity contribution in [3.8, 4) is 5.75 Å². The lowest BCUT2D eigenvalue weighted by atomic mass is 10.1. The number of rotatable bonds is 8. The van der Waals surface area contributed by atoms with E-state index in [0.717, 1.165) is 16.5 Å². The van der Waals surface area contributed by atoms with E-state index in [2.05, 4.69) is 15.8 Å². The van der Waals surface area contributed by atoms with Crippen molar-refractivity contribution < 1.29 is 19.2 Å². The summed E-state index contributed by atoms with van der Waals surface area (Å²) in [4.78, 5) is 34.7. The third kappa shape index (κ3) is 6.05. The van der Waals surface area contributed by atoms with Crippen molar-refractivity contribution in [3.63, 3.8) is 0 Å². The molecule has 0 aliphatic rings. The Morgan fingerprint density at radius 2 is 1.69 bits per heavy atom. The Morgan fingerprint density at radius 3 is 2.49 bits per heavy atom. The Kier molecular flexibility index (Phi) is 7.08. The molecule has 0 saturated heterocycles. The van der Waals surface area contributed by atoms with Crippen molar-refractivity contribution in [2.45, 2.75) is 0 Å². The van der Waals surface area contributed by atoms with Gasteiger partial charge in [0.1, 0.15) is 5.75 Å². The minimum atomic E-state index is -0.651. The first-order valence-corrected chi connectivity index (χ1v) is 10.6. The van der Waals surface area contributed by atoms with Crippen LogP contribution < -0.4 is 15.5 Å². The number of esters is 1. The largest absolute Gasteiger partial charge is 0.423 e. The Hall–Kier alpha value is -5.05. The number of amides is 1. The van der Waals surface area contributed by atoms with E-state index in [0.29, 0.717) is 5.56 Å². The van der Waals surface area contributed by atoms with Crippen LogP contribution in [0.4, 0.5) is 11.4 Å². The zero-order chi connectivity index (χ0) is 24.6. The van der Waals surface area contributed by atoms with Gasteiger partial charge in [0.25, 0.3) is 11.6 Å². The molecule has 0 saturated carbocycles. The highest BCUT2D eigenvalue weighted by Gasteiger charge is 2.12. The first kappa shape index (κ1) is 23.1. The molecule has 9 heteroatoms. The van der Waals surface area contributed by atoms with Crippen LogP contribution in [0.1, 0.15) is 15.9 Å². The number of anilines is 1. The number of benzene rings is 4. The number of nitrogens with zero attached hydrogens (tertiary/aromatic N) is 2. The average molecular weight is 468 g/mol. The van der Waals surface area contributed by atoms with E-state index in [1.165, 1.54) is 30.5 Å². The molecule has 0 bridgehead atoms. The number of hydrogen-bond donors (Lipinski definition) is 2. The first-order chi connectivity index (χ1) is 17.0. The number of fused-ring (bicyclic) bond motifs is 1. The van der Waals surface area contributed by atoms with Crippen LogP contribution in [0.5, 0.6) is 5.75 Å². The van der Waals surface area contributed by atoms with Crippen LogP contribution >= 0.6 is 0 Å². The van der Waals surface area contributed by atoms with Crippen LogP contribution in [0.2, 0.25) is 0 Å². The molecule has 0 aromatic heterocycles. The van der Waals surface area contributed by atoms with Gasteiger partial charge in [0.05, 0.1) is 23.2 Å². The molecule has 174 valence electrons. The molecule has 4 aromatic carbocycles. The van der Waals surface area contributed by atoms with Crippen molar-refractivity contribution in [2.75, 3.05) is 11.9 Å². The van der Waals surface area contributed by atoms with E-state index in [1.807, 2.05) is 42.5 Å². The molecule has 4 aromatic rings. The van der Waals surface area contributed by atoms with Gasteiger partial charge in [0, 0.05) is 23.2 Å². The number of nitro groups is 1. The molecule has 0 spiro atoms. The van der Waals surface area contributed by atoms with Gasteiger partial charge >= 0.3 is 5.97 Å². The van der Waals surface area contributed by atoms with Crippen LogP contribution in [0.25, 0.3) is 10.8 Å². The van der Waals surface area contributed by atoms with E-state index < -0.39 is 10.9 Å². The summed E-state index contributed by atoms with van der Waals surface area (Å²) < 4.78 is 5.32. The number of ether oxygens (including phenoxy) is 1. The Morgan fingerprint density at radius 1 is 0.943 bits per heavy atom. The van der Waals surface area contributed by atoms with Gasteiger partial charge in [0.15, 0.2) is 0 Å². The van der Waals surface area contributed by atoms with Crippen LogP contribution in [-0.4, -0.2) is 29.6 Å². The fourth-order valence-corrected chi connectivity index (χ4v) is 3.32. The highest BCUT2D eigenvalue weighted by molar-refractivity contribution is 5.95. The van der Waals surface area contributed by atoms with Gasteiger partial charge in [-0.1, -0.05) is 48.5 Å². The van der Waals surface area contributed by atoms with E-state index in [9.17, 15) is 19.7 Å². The zero-order valence-electron chi connectivity index (χ0n) is 18.4. The second-order valence-corrected chi connectivity index (χ2v) is 7.44. The third-order valence-electron chi connectivity index (χ3n) is 5.01. The molecular weight excluding hydrogens is 448 g/mol. The summed E-state index contributed by atoms with van der Waals surface area (Å²) in [6, 6.07) is 25.4. The zero-order valence-corrected chi connectivity index (χ0v) is 18.4. The summed E-state index contributed by atoms with van der Waals surface area (Å²) in [7, 11) is 0. The Labute approximate surface area is 200 Å². The highest BCUT2D eigenvalue weighted by atomic mass is 16.6. The summed E-state index contributed by atoms with van der Waals surface area (Å²) >= 11 is 0. The van der Waals surface area contributed by atoms with Gasteiger partial charge in [-0.3, -0.25) is 14.9 Å². The predicted octanol–water partition coefficient (Wildman–Crippen LogP) is 4.53. The quantitative estimate of drug-likeness (QED) is 0.129. The normalized spacial score (nSPS) is 10.7. The van der Waals surface area contributed by atoms with Crippen LogP contribution in [0.15, 0.2) is 96.1 Å². The van der Waals surface area contributed by atoms with E-state index >= 15 is 0 Å². The van der Waals surface area contributed by atoms with Crippen LogP contribution in [0.3, 0.4) is 0 Å². The minimum absolute atomic E-state index is 0.0399. The van der Waals surface area contributed by atoms with Gasteiger partial charge < -0.3 is 10.1 Å². The monoisotopic (exact) mass is 468 g/mol. The molecular formula is C26H20N4O5. The van der Waals surface area contributed by atoms with Gasteiger partial charge in [-0.05, 0) is 41.3 Å². The fourth-order valence-electron chi connectivity index (χ4n) is 3.32. The highest BCUT2D eigenvalue weighted by Crippen LogP contribution is 2.22. The third-order valence-corrected chi connectivity index (χ3v) is 5.01. The van der Waals surface area contributed by atoms with Gasteiger partial charge in [-0.25, -0.2) is 10.2 Å². The van der Waals surface area contributed by atoms with Crippen molar-refractivity contribution >= 4 is 40.2 Å². The van der Waals surface area contributed by atoms with Gasteiger partial charge in [-0.15, -0.1) is 0 Å².